The summed E-state index contributed by atoms with van der Waals surface area (Å²) in [6, 6.07) is 7.62. The maximum absolute atomic E-state index is 12.4. The first kappa shape index (κ1) is 24.5. The monoisotopic (exact) mass is 406 g/mol. The van der Waals surface area contributed by atoms with E-state index in [1.54, 1.807) is 20.8 Å². The van der Waals surface area contributed by atoms with Crippen LogP contribution in [0.4, 0.5) is 10.5 Å². The molecule has 2 atom stereocenters. The lowest BCUT2D eigenvalue weighted by Crippen LogP contribution is -2.33. The van der Waals surface area contributed by atoms with Gasteiger partial charge in [-0.15, -0.1) is 0 Å². The Labute approximate surface area is 173 Å². The Bertz CT molecular complexity index is 697. The van der Waals surface area contributed by atoms with E-state index in [4.69, 9.17) is 9.47 Å². The molecule has 0 heterocycles. The average molecular weight is 407 g/mol. The summed E-state index contributed by atoms with van der Waals surface area (Å²) in [5, 5.41) is 5.42. The van der Waals surface area contributed by atoms with Gasteiger partial charge in [0.15, 0.2) is 6.10 Å². The summed E-state index contributed by atoms with van der Waals surface area (Å²) in [5.41, 5.74) is 1.21. The van der Waals surface area contributed by atoms with Crippen LogP contribution in [0.2, 0.25) is 0 Å². The zero-order chi connectivity index (χ0) is 22.0. The zero-order valence-electron chi connectivity index (χ0n) is 18.3. The van der Waals surface area contributed by atoms with E-state index in [0.29, 0.717) is 12.3 Å². The molecule has 0 radical (unpaired) electrons. The maximum Gasteiger partial charge on any atom is 0.407 e. The van der Waals surface area contributed by atoms with E-state index in [-0.39, 0.29) is 18.9 Å². The van der Waals surface area contributed by atoms with E-state index in [0.717, 1.165) is 17.7 Å². The smallest absolute Gasteiger partial charge is 0.407 e. The number of anilines is 1. The summed E-state index contributed by atoms with van der Waals surface area (Å²) in [4.78, 5) is 35.9. The third kappa shape index (κ3) is 9.45. The van der Waals surface area contributed by atoms with E-state index < -0.39 is 23.8 Å². The highest BCUT2D eigenvalue weighted by Gasteiger charge is 2.20. The molecule has 0 aliphatic rings. The number of ether oxygens (including phenoxy) is 2. The molecule has 0 saturated heterocycles. The van der Waals surface area contributed by atoms with Crippen molar-refractivity contribution in [3.8, 4) is 0 Å². The van der Waals surface area contributed by atoms with Crippen LogP contribution >= 0.6 is 0 Å². The van der Waals surface area contributed by atoms with E-state index in [2.05, 4.69) is 24.5 Å². The highest BCUT2D eigenvalue weighted by molar-refractivity contribution is 5.95. The van der Waals surface area contributed by atoms with Crippen molar-refractivity contribution in [3.05, 3.63) is 29.8 Å². The molecule has 0 aliphatic heterocycles. The summed E-state index contributed by atoms with van der Waals surface area (Å²) in [7, 11) is 0. The van der Waals surface area contributed by atoms with Gasteiger partial charge in [-0.25, -0.2) is 4.79 Å². The Morgan fingerprint density at radius 2 is 1.76 bits per heavy atom. The van der Waals surface area contributed by atoms with Gasteiger partial charge in [0, 0.05) is 18.7 Å². The fourth-order valence-electron chi connectivity index (χ4n) is 2.54. The predicted octanol–water partition coefficient (Wildman–Crippen LogP) is 4.38. The van der Waals surface area contributed by atoms with Crippen molar-refractivity contribution in [2.75, 3.05) is 11.9 Å². The largest absolute Gasteiger partial charge is 0.453 e. The van der Waals surface area contributed by atoms with Crippen LogP contribution in [-0.2, 0) is 19.1 Å². The lowest BCUT2D eigenvalue weighted by atomic mass is 9.97. The normalized spacial score (nSPS) is 13.2. The van der Waals surface area contributed by atoms with Crippen molar-refractivity contribution >= 4 is 23.7 Å². The zero-order valence-corrected chi connectivity index (χ0v) is 18.3. The molecule has 2 amide bonds. The van der Waals surface area contributed by atoms with Crippen LogP contribution in [0.1, 0.15) is 72.3 Å². The lowest BCUT2D eigenvalue weighted by Gasteiger charge is -2.19. The number of nitrogens with one attached hydrogen (secondary N) is 2. The summed E-state index contributed by atoms with van der Waals surface area (Å²) in [6.07, 6.45) is -0.000541. The van der Waals surface area contributed by atoms with E-state index in [1.165, 1.54) is 6.92 Å². The number of alkyl carbamates (subject to hydrolysis) is 1. The standard InChI is InChI=1S/C22H34N2O5/c1-7-15(2)17-11-8-9-12-18(17)24-20(26)16(3)28-19(25)13-10-14-23-21(27)29-22(4,5)6/h8-9,11-12,15-16H,7,10,13-14H2,1-6H3,(H,23,27)(H,24,26)/t15-,16+/m1/s1. The molecule has 1 rings (SSSR count). The van der Waals surface area contributed by atoms with Gasteiger partial charge in [-0.3, -0.25) is 9.59 Å². The number of esters is 1. The third-order valence-electron chi connectivity index (χ3n) is 4.27. The van der Waals surface area contributed by atoms with Gasteiger partial charge in [0.1, 0.15) is 5.60 Å². The highest BCUT2D eigenvalue weighted by atomic mass is 16.6. The third-order valence-corrected chi connectivity index (χ3v) is 4.27. The van der Waals surface area contributed by atoms with Gasteiger partial charge in [-0.1, -0.05) is 32.0 Å². The quantitative estimate of drug-likeness (QED) is 0.469. The summed E-state index contributed by atoms with van der Waals surface area (Å²) in [6.45, 7) is 11.3. The summed E-state index contributed by atoms with van der Waals surface area (Å²) >= 11 is 0. The second kappa shape index (κ2) is 11.4. The Kier molecular flexibility index (Phi) is 9.65. The molecule has 0 aliphatic carbocycles. The number of hydrogen-bond donors (Lipinski definition) is 2. The van der Waals surface area contributed by atoms with Crippen molar-refractivity contribution in [2.45, 2.75) is 78.4 Å². The fraction of sp³-hybridized carbons (Fsp3) is 0.591. The number of rotatable bonds is 9. The molecule has 162 valence electrons. The summed E-state index contributed by atoms with van der Waals surface area (Å²) < 4.78 is 10.3. The van der Waals surface area contributed by atoms with Crippen molar-refractivity contribution < 1.29 is 23.9 Å². The van der Waals surface area contributed by atoms with Crippen molar-refractivity contribution in [1.29, 1.82) is 0 Å². The lowest BCUT2D eigenvalue weighted by molar-refractivity contribution is -0.153. The molecule has 7 heteroatoms. The average Bonchev–Trinajstić information content (AvgIpc) is 2.63. The van der Waals surface area contributed by atoms with Crippen LogP contribution in [-0.4, -0.2) is 36.2 Å². The number of hydrogen-bond acceptors (Lipinski definition) is 5. The number of benzene rings is 1. The van der Waals surface area contributed by atoms with Gasteiger partial charge in [0.05, 0.1) is 0 Å². The Morgan fingerprint density at radius 3 is 2.38 bits per heavy atom. The van der Waals surface area contributed by atoms with Gasteiger partial charge in [-0.05, 0) is 58.1 Å². The van der Waals surface area contributed by atoms with Gasteiger partial charge in [-0.2, -0.15) is 0 Å². The van der Waals surface area contributed by atoms with Crippen LogP contribution in [0, 0.1) is 0 Å². The molecule has 0 bridgehead atoms. The molecule has 0 saturated carbocycles. The van der Waals surface area contributed by atoms with E-state index in [9.17, 15) is 14.4 Å². The summed E-state index contributed by atoms with van der Waals surface area (Å²) in [5.74, 6) is -0.559. The SMILES string of the molecule is CC[C@@H](C)c1ccccc1NC(=O)[C@H](C)OC(=O)CCCNC(=O)OC(C)(C)C. The van der Waals surface area contributed by atoms with Gasteiger partial charge >= 0.3 is 12.1 Å². The maximum atomic E-state index is 12.4. The minimum absolute atomic E-state index is 0.0941. The van der Waals surface area contributed by atoms with Gasteiger partial charge < -0.3 is 20.1 Å². The second-order valence-electron chi connectivity index (χ2n) is 8.05. The Balaban J connectivity index is 2.42. The number of amides is 2. The highest BCUT2D eigenvalue weighted by Crippen LogP contribution is 2.26. The number of para-hydroxylation sites is 1. The van der Waals surface area contributed by atoms with Gasteiger partial charge in [0.25, 0.3) is 5.91 Å². The molecule has 0 spiro atoms. The molecule has 1 aromatic carbocycles. The molecular weight excluding hydrogens is 372 g/mol. The van der Waals surface area contributed by atoms with Crippen LogP contribution < -0.4 is 10.6 Å². The van der Waals surface area contributed by atoms with Crippen molar-refractivity contribution in [3.63, 3.8) is 0 Å². The van der Waals surface area contributed by atoms with Crippen molar-refractivity contribution in [2.24, 2.45) is 0 Å². The molecule has 0 aromatic heterocycles. The number of carbonyl (C=O) groups excluding carboxylic acids is 3. The molecular formula is C22H34N2O5. The van der Waals surface area contributed by atoms with Crippen LogP contribution in [0.15, 0.2) is 24.3 Å². The van der Waals surface area contributed by atoms with Crippen molar-refractivity contribution in [1.82, 2.24) is 5.32 Å². The molecule has 1 aromatic rings. The van der Waals surface area contributed by atoms with Crippen LogP contribution in [0.25, 0.3) is 0 Å². The Morgan fingerprint density at radius 1 is 1.10 bits per heavy atom. The van der Waals surface area contributed by atoms with Crippen LogP contribution in [0.3, 0.4) is 0 Å². The second-order valence-corrected chi connectivity index (χ2v) is 8.05. The van der Waals surface area contributed by atoms with E-state index >= 15 is 0 Å². The minimum atomic E-state index is -0.911. The Hall–Kier alpha value is -2.57. The molecule has 7 nitrogen and oxygen atoms in total. The number of carbonyl (C=O) groups is 3. The van der Waals surface area contributed by atoms with E-state index in [1.807, 2.05) is 24.3 Å². The molecule has 0 fully saturated rings. The first-order chi connectivity index (χ1) is 13.5. The molecule has 2 N–H and O–H groups in total. The minimum Gasteiger partial charge on any atom is -0.453 e. The first-order valence-electron chi connectivity index (χ1n) is 10.1. The molecule has 0 unspecified atom stereocenters. The fourth-order valence-corrected chi connectivity index (χ4v) is 2.54. The van der Waals surface area contributed by atoms with Gasteiger partial charge in [0.2, 0.25) is 0 Å². The van der Waals surface area contributed by atoms with Crippen LogP contribution in [0.5, 0.6) is 0 Å². The first-order valence-corrected chi connectivity index (χ1v) is 10.1. The topological polar surface area (TPSA) is 93.7 Å². The molecule has 29 heavy (non-hydrogen) atoms. The predicted molar refractivity (Wildman–Crippen MR) is 113 cm³/mol.